The molecule has 0 spiro atoms. The van der Waals surface area contributed by atoms with E-state index in [1.54, 1.807) is 18.2 Å². The molecule has 1 aliphatic rings. The Labute approximate surface area is 129 Å². The van der Waals surface area contributed by atoms with E-state index in [0.29, 0.717) is 12.6 Å². The number of piperidine rings is 1. The van der Waals surface area contributed by atoms with Gasteiger partial charge in [-0.3, -0.25) is 19.8 Å². The summed E-state index contributed by atoms with van der Waals surface area (Å²) in [5.41, 5.74) is 5.78. The number of nitrogens with zero attached hydrogens (tertiary/aromatic N) is 2. The Kier molecular flexibility index (Phi) is 5.85. The number of rotatable bonds is 6. The molecule has 1 saturated heterocycles. The van der Waals surface area contributed by atoms with Crippen LogP contribution >= 0.6 is 0 Å². The van der Waals surface area contributed by atoms with Gasteiger partial charge in [-0.15, -0.1) is 0 Å². The Hall–Kier alpha value is -1.99. The van der Waals surface area contributed by atoms with Crippen molar-refractivity contribution >= 4 is 17.3 Å². The summed E-state index contributed by atoms with van der Waals surface area (Å²) in [5.74, 6) is -0.224. The number of anilines is 1. The quantitative estimate of drug-likeness (QED) is 0.615. The average molecular weight is 306 g/mol. The van der Waals surface area contributed by atoms with Gasteiger partial charge in [-0.2, -0.15) is 0 Å². The molecule has 7 heteroatoms. The zero-order chi connectivity index (χ0) is 15.9. The van der Waals surface area contributed by atoms with Crippen molar-refractivity contribution in [1.29, 1.82) is 0 Å². The maximum Gasteiger partial charge on any atom is 0.292 e. The first-order valence-electron chi connectivity index (χ1n) is 7.59. The minimum Gasteiger partial charge on any atom is -0.330 e. The zero-order valence-electron chi connectivity index (χ0n) is 12.5. The molecule has 0 radical (unpaired) electrons. The molecule has 1 aliphatic heterocycles. The molecule has 1 aromatic rings. The monoisotopic (exact) mass is 306 g/mol. The first kappa shape index (κ1) is 16.4. The number of hydrogen-bond donors (Lipinski definition) is 2. The maximum absolute atomic E-state index is 12.2. The molecule has 1 atom stereocenters. The van der Waals surface area contributed by atoms with E-state index >= 15 is 0 Å². The van der Waals surface area contributed by atoms with Crippen molar-refractivity contribution in [2.24, 2.45) is 5.73 Å². The lowest BCUT2D eigenvalue weighted by atomic mass is 9.99. The summed E-state index contributed by atoms with van der Waals surface area (Å²) in [5, 5.41) is 13.6. The molecule has 1 unspecified atom stereocenters. The van der Waals surface area contributed by atoms with Gasteiger partial charge in [-0.25, -0.2) is 0 Å². The van der Waals surface area contributed by atoms with Crippen molar-refractivity contribution in [1.82, 2.24) is 4.90 Å². The Balaban J connectivity index is 1.99. The fraction of sp³-hybridized carbons (Fsp3) is 0.533. The van der Waals surface area contributed by atoms with E-state index in [0.717, 1.165) is 32.2 Å². The first-order valence-corrected chi connectivity index (χ1v) is 7.59. The Morgan fingerprint density at radius 1 is 1.41 bits per heavy atom. The van der Waals surface area contributed by atoms with Crippen LogP contribution in [0.2, 0.25) is 0 Å². The standard InChI is InChI=1S/C15H22N4O3/c16-9-8-12-5-3-4-10-18(12)11-15(20)17-13-6-1-2-7-14(13)19(21)22/h1-2,6-7,12H,3-5,8-11,16H2,(H,17,20). The van der Waals surface area contributed by atoms with Gasteiger partial charge in [0.25, 0.3) is 5.69 Å². The van der Waals surface area contributed by atoms with Crippen molar-refractivity contribution in [3.05, 3.63) is 34.4 Å². The van der Waals surface area contributed by atoms with Gasteiger partial charge in [-0.05, 0) is 38.4 Å². The van der Waals surface area contributed by atoms with Gasteiger partial charge in [0.1, 0.15) is 5.69 Å². The summed E-state index contributed by atoms with van der Waals surface area (Å²) >= 11 is 0. The van der Waals surface area contributed by atoms with E-state index in [1.807, 2.05) is 0 Å². The number of carbonyl (C=O) groups is 1. The van der Waals surface area contributed by atoms with Gasteiger partial charge >= 0.3 is 0 Å². The van der Waals surface area contributed by atoms with Crippen LogP contribution in [0.3, 0.4) is 0 Å². The molecular formula is C15H22N4O3. The Morgan fingerprint density at radius 3 is 2.91 bits per heavy atom. The zero-order valence-corrected chi connectivity index (χ0v) is 12.5. The van der Waals surface area contributed by atoms with Gasteiger partial charge in [0.15, 0.2) is 0 Å². The predicted molar refractivity (Wildman–Crippen MR) is 84.6 cm³/mol. The van der Waals surface area contributed by atoms with Crippen LogP contribution in [-0.2, 0) is 4.79 Å². The molecule has 3 N–H and O–H groups in total. The van der Waals surface area contributed by atoms with E-state index in [4.69, 9.17) is 5.73 Å². The number of amides is 1. The smallest absolute Gasteiger partial charge is 0.292 e. The number of likely N-dealkylation sites (tertiary alicyclic amines) is 1. The molecule has 0 bridgehead atoms. The molecule has 1 fully saturated rings. The van der Waals surface area contributed by atoms with Gasteiger partial charge in [0, 0.05) is 12.1 Å². The summed E-state index contributed by atoms with van der Waals surface area (Å²) in [6.45, 7) is 1.72. The molecule has 0 aromatic heterocycles. The lowest BCUT2D eigenvalue weighted by Gasteiger charge is -2.35. The van der Waals surface area contributed by atoms with Gasteiger partial charge in [0.05, 0.1) is 11.5 Å². The molecule has 1 amide bonds. The minimum atomic E-state index is -0.492. The van der Waals surface area contributed by atoms with E-state index < -0.39 is 4.92 Å². The Bertz CT molecular complexity index is 533. The molecule has 2 rings (SSSR count). The maximum atomic E-state index is 12.2. The van der Waals surface area contributed by atoms with Crippen molar-refractivity contribution in [3.8, 4) is 0 Å². The highest BCUT2D eigenvalue weighted by atomic mass is 16.6. The lowest BCUT2D eigenvalue weighted by molar-refractivity contribution is -0.383. The van der Waals surface area contributed by atoms with Crippen LogP contribution in [0.5, 0.6) is 0 Å². The van der Waals surface area contributed by atoms with Crippen molar-refractivity contribution in [2.75, 3.05) is 25.0 Å². The van der Waals surface area contributed by atoms with Crippen molar-refractivity contribution in [3.63, 3.8) is 0 Å². The highest BCUT2D eigenvalue weighted by molar-refractivity contribution is 5.94. The van der Waals surface area contributed by atoms with Gasteiger partial charge < -0.3 is 11.1 Å². The second-order valence-corrected chi connectivity index (χ2v) is 5.52. The molecular weight excluding hydrogens is 284 g/mol. The summed E-state index contributed by atoms with van der Waals surface area (Å²) < 4.78 is 0. The molecule has 1 heterocycles. The second kappa shape index (κ2) is 7.86. The molecule has 22 heavy (non-hydrogen) atoms. The van der Waals surface area contributed by atoms with Gasteiger partial charge in [0.2, 0.25) is 5.91 Å². The number of nitrogens with one attached hydrogen (secondary N) is 1. The van der Waals surface area contributed by atoms with Crippen molar-refractivity contribution in [2.45, 2.75) is 31.7 Å². The second-order valence-electron chi connectivity index (χ2n) is 5.52. The molecule has 120 valence electrons. The molecule has 7 nitrogen and oxygen atoms in total. The summed E-state index contributed by atoms with van der Waals surface area (Å²) in [6, 6.07) is 6.50. The lowest BCUT2D eigenvalue weighted by Crippen LogP contribution is -2.44. The average Bonchev–Trinajstić information content (AvgIpc) is 2.50. The third kappa shape index (κ3) is 4.25. The van der Waals surface area contributed by atoms with E-state index in [-0.39, 0.29) is 23.8 Å². The highest BCUT2D eigenvalue weighted by Crippen LogP contribution is 2.24. The van der Waals surface area contributed by atoms with Crippen LogP contribution in [0.4, 0.5) is 11.4 Å². The predicted octanol–water partition coefficient (Wildman–Crippen LogP) is 1.74. The van der Waals surface area contributed by atoms with E-state index in [1.165, 1.54) is 6.07 Å². The fourth-order valence-corrected chi connectivity index (χ4v) is 2.90. The van der Waals surface area contributed by atoms with Crippen LogP contribution in [0, 0.1) is 10.1 Å². The fourth-order valence-electron chi connectivity index (χ4n) is 2.90. The van der Waals surface area contributed by atoms with Crippen LogP contribution in [0.15, 0.2) is 24.3 Å². The first-order chi connectivity index (χ1) is 10.6. The van der Waals surface area contributed by atoms with Crippen LogP contribution in [0.1, 0.15) is 25.7 Å². The number of hydrogen-bond acceptors (Lipinski definition) is 5. The number of nitro benzene ring substituents is 1. The molecule has 0 saturated carbocycles. The summed E-state index contributed by atoms with van der Waals surface area (Å²) in [7, 11) is 0. The topological polar surface area (TPSA) is 102 Å². The largest absolute Gasteiger partial charge is 0.330 e. The normalized spacial score (nSPS) is 18.9. The summed E-state index contributed by atoms with van der Waals surface area (Å²) in [4.78, 5) is 24.8. The summed E-state index contributed by atoms with van der Waals surface area (Å²) in [6.07, 6.45) is 4.15. The van der Waals surface area contributed by atoms with Gasteiger partial charge in [-0.1, -0.05) is 18.6 Å². The number of benzene rings is 1. The van der Waals surface area contributed by atoms with E-state index in [9.17, 15) is 14.9 Å². The van der Waals surface area contributed by atoms with Crippen molar-refractivity contribution < 1.29 is 9.72 Å². The SMILES string of the molecule is NCCC1CCCCN1CC(=O)Nc1ccccc1[N+](=O)[O-]. The molecule has 1 aromatic carbocycles. The highest BCUT2D eigenvalue weighted by Gasteiger charge is 2.24. The van der Waals surface area contributed by atoms with E-state index in [2.05, 4.69) is 10.2 Å². The number of carbonyl (C=O) groups excluding carboxylic acids is 1. The third-order valence-corrected chi connectivity index (χ3v) is 3.97. The molecule has 0 aliphatic carbocycles. The van der Waals surface area contributed by atoms with Crippen LogP contribution in [0.25, 0.3) is 0 Å². The van der Waals surface area contributed by atoms with Crippen LogP contribution in [-0.4, -0.2) is 41.4 Å². The van der Waals surface area contributed by atoms with Crippen LogP contribution < -0.4 is 11.1 Å². The number of nitrogens with two attached hydrogens (primary N) is 1. The third-order valence-electron chi connectivity index (χ3n) is 3.97. The Morgan fingerprint density at radius 2 is 2.18 bits per heavy atom. The minimum absolute atomic E-state index is 0.0898. The number of para-hydroxylation sites is 2. The number of nitro groups is 1.